The van der Waals surface area contributed by atoms with E-state index in [2.05, 4.69) is 4.72 Å². The van der Waals surface area contributed by atoms with Crippen LogP contribution in [0.5, 0.6) is 0 Å². The van der Waals surface area contributed by atoms with Crippen molar-refractivity contribution in [3.8, 4) is 0 Å². The van der Waals surface area contributed by atoms with E-state index in [1.54, 1.807) is 13.8 Å². The smallest absolute Gasteiger partial charge is 0.306 e. The van der Waals surface area contributed by atoms with Crippen molar-refractivity contribution in [1.29, 1.82) is 0 Å². The van der Waals surface area contributed by atoms with Crippen LogP contribution >= 0.6 is 0 Å². The number of nitrogens with zero attached hydrogens (tertiary/aromatic N) is 1. The molecule has 0 saturated carbocycles. The van der Waals surface area contributed by atoms with Gasteiger partial charge < -0.3 is 5.11 Å². The molecule has 0 radical (unpaired) electrons. The standard InChI is InChI=1S/C12H17FN2O5S/c1-7(2)11(16)6-14-21(19,20)12-5-10(15(17)18)9(13)4-8(12)3/h4-5,7,11,14,16H,6H2,1-3H3. The van der Waals surface area contributed by atoms with Crippen LogP contribution in [0.4, 0.5) is 10.1 Å². The van der Waals surface area contributed by atoms with Crippen LogP contribution in [0.2, 0.25) is 0 Å². The Bertz CT molecular complexity index is 645. The fourth-order valence-electron chi connectivity index (χ4n) is 1.58. The Hall–Kier alpha value is -1.58. The number of aliphatic hydroxyl groups is 1. The van der Waals surface area contributed by atoms with Crippen molar-refractivity contribution in [2.75, 3.05) is 6.54 Å². The van der Waals surface area contributed by atoms with Crippen molar-refractivity contribution < 1.29 is 22.8 Å². The summed E-state index contributed by atoms with van der Waals surface area (Å²) in [5.41, 5.74) is -0.866. The van der Waals surface area contributed by atoms with Crippen LogP contribution in [-0.2, 0) is 10.0 Å². The number of nitro groups is 1. The molecule has 0 aliphatic rings. The quantitative estimate of drug-likeness (QED) is 0.607. The second-order valence-electron chi connectivity index (χ2n) is 4.99. The maximum Gasteiger partial charge on any atom is 0.306 e. The summed E-state index contributed by atoms with van der Waals surface area (Å²) < 4.78 is 39.8. The van der Waals surface area contributed by atoms with E-state index < -0.39 is 32.6 Å². The molecule has 1 unspecified atom stereocenters. The number of hydrogen-bond donors (Lipinski definition) is 2. The van der Waals surface area contributed by atoms with Crippen molar-refractivity contribution in [3.05, 3.63) is 33.6 Å². The first kappa shape index (κ1) is 17.5. The Morgan fingerprint density at radius 1 is 1.43 bits per heavy atom. The summed E-state index contributed by atoms with van der Waals surface area (Å²) in [4.78, 5) is 9.31. The average Bonchev–Trinajstić information content (AvgIpc) is 2.34. The van der Waals surface area contributed by atoms with Gasteiger partial charge in [-0.25, -0.2) is 13.1 Å². The summed E-state index contributed by atoms with van der Waals surface area (Å²) in [7, 11) is -4.07. The van der Waals surface area contributed by atoms with Crippen LogP contribution in [0, 0.1) is 28.8 Å². The third-order valence-corrected chi connectivity index (χ3v) is 4.55. The first-order chi connectivity index (χ1) is 9.56. The molecule has 2 N–H and O–H groups in total. The van der Waals surface area contributed by atoms with E-state index in [9.17, 15) is 28.0 Å². The lowest BCUT2D eigenvalue weighted by Crippen LogP contribution is -2.35. The zero-order chi connectivity index (χ0) is 16.4. The van der Waals surface area contributed by atoms with Gasteiger partial charge in [-0.3, -0.25) is 10.1 Å². The Balaban J connectivity index is 3.14. The van der Waals surface area contributed by atoms with Crippen LogP contribution in [0.1, 0.15) is 19.4 Å². The molecular formula is C12H17FN2O5S. The van der Waals surface area contributed by atoms with E-state index in [1.807, 2.05) is 0 Å². The van der Waals surface area contributed by atoms with Crippen LogP contribution in [0.15, 0.2) is 17.0 Å². The Morgan fingerprint density at radius 3 is 2.48 bits per heavy atom. The summed E-state index contributed by atoms with van der Waals surface area (Å²) in [6, 6.07) is 1.47. The number of rotatable bonds is 6. The topological polar surface area (TPSA) is 110 Å². The molecular weight excluding hydrogens is 303 g/mol. The maximum absolute atomic E-state index is 13.4. The fraction of sp³-hybridized carbons (Fsp3) is 0.500. The molecule has 0 aliphatic carbocycles. The molecule has 0 aromatic heterocycles. The van der Waals surface area contributed by atoms with E-state index in [4.69, 9.17) is 0 Å². The van der Waals surface area contributed by atoms with Gasteiger partial charge in [-0.1, -0.05) is 13.8 Å². The third-order valence-electron chi connectivity index (χ3n) is 2.98. The largest absolute Gasteiger partial charge is 0.391 e. The van der Waals surface area contributed by atoms with Crippen LogP contribution < -0.4 is 4.72 Å². The van der Waals surface area contributed by atoms with Crippen LogP contribution in [0.25, 0.3) is 0 Å². The molecule has 118 valence electrons. The Labute approximate surface area is 122 Å². The van der Waals surface area contributed by atoms with E-state index in [1.165, 1.54) is 6.92 Å². The summed E-state index contributed by atoms with van der Waals surface area (Å²) in [6.07, 6.45) is -0.893. The molecule has 0 aliphatic heterocycles. The second-order valence-corrected chi connectivity index (χ2v) is 6.72. The highest BCUT2D eigenvalue weighted by molar-refractivity contribution is 7.89. The van der Waals surface area contributed by atoms with Gasteiger partial charge in [0.15, 0.2) is 0 Å². The predicted molar refractivity (Wildman–Crippen MR) is 73.8 cm³/mol. The number of benzene rings is 1. The number of nitrogens with one attached hydrogen (secondary N) is 1. The van der Waals surface area contributed by atoms with E-state index in [0.717, 1.165) is 6.07 Å². The van der Waals surface area contributed by atoms with Gasteiger partial charge in [-0.05, 0) is 24.5 Å². The number of aryl methyl sites for hydroxylation is 1. The number of sulfonamides is 1. The Morgan fingerprint density at radius 2 is 2.00 bits per heavy atom. The van der Waals surface area contributed by atoms with E-state index >= 15 is 0 Å². The van der Waals surface area contributed by atoms with Crippen molar-refractivity contribution in [2.24, 2.45) is 5.92 Å². The summed E-state index contributed by atoms with van der Waals surface area (Å²) >= 11 is 0. The van der Waals surface area contributed by atoms with Gasteiger partial charge in [0, 0.05) is 12.6 Å². The van der Waals surface area contributed by atoms with E-state index in [-0.39, 0.29) is 22.9 Å². The van der Waals surface area contributed by atoms with Crippen LogP contribution in [0.3, 0.4) is 0 Å². The normalized spacial score (nSPS) is 13.4. The number of hydrogen-bond acceptors (Lipinski definition) is 5. The lowest BCUT2D eigenvalue weighted by molar-refractivity contribution is -0.387. The molecule has 1 atom stereocenters. The fourth-order valence-corrected chi connectivity index (χ4v) is 2.88. The lowest BCUT2D eigenvalue weighted by Gasteiger charge is -2.16. The summed E-state index contributed by atoms with van der Waals surface area (Å²) in [6.45, 7) is 4.53. The molecule has 0 saturated heterocycles. The van der Waals surface area contributed by atoms with Gasteiger partial charge >= 0.3 is 5.69 Å². The highest BCUT2D eigenvalue weighted by Crippen LogP contribution is 2.25. The molecule has 0 fully saturated rings. The first-order valence-electron chi connectivity index (χ1n) is 6.18. The van der Waals surface area contributed by atoms with Gasteiger partial charge in [0.2, 0.25) is 15.8 Å². The average molecular weight is 320 g/mol. The predicted octanol–water partition coefficient (Wildman–Crippen LogP) is 1.34. The monoisotopic (exact) mass is 320 g/mol. The lowest BCUT2D eigenvalue weighted by atomic mass is 10.1. The zero-order valence-corrected chi connectivity index (χ0v) is 12.6. The highest BCUT2D eigenvalue weighted by Gasteiger charge is 2.25. The van der Waals surface area contributed by atoms with Gasteiger partial charge in [-0.15, -0.1) is 0 Å². The molecule has 1 aromatic carbocycles. The molecule has 21 heavy (non-hydrogen) atoms. The number of halogens is 1. The van der Waals surface area contributed by atoms with Gasteiger partial charge in [-0.2, -0.15) is 4.39 Å². The Kier molecular flexibility index (Phi) is 5.37. The summed E-state index contributed by atoms with van der Waals surface area (Å²) in [5, 5.41) is 20.3. The van der Waals surface area contributed by atoms with Gasteiger partial charge in [0.25, 0.3) is 0 Å². The van der Waals surface area contributed by atoms with Crippen molar-refractivity contribution in [2.45, 2.75) is 31.8 Å². The number of aliphatic hydroxyl groups excluding tert-OH is 1. The van der Waals surface area contributed by atoms with Gasteiger partial charge in [0.05, 0.1) is 15.9 Å². The highest BCUT2D eigenvalue weighted by atomic mass is 32.2. The summed E-state index contributed by atoms with van der Waals surface area (Å²) in [5.74, 6) is -1.25. The molecule has 0 heterocycles. The minimum absolute atomic E-state index is 0.0460. The molecule has 0 amide bonds. The second kappa shape index (κ2) is 6.46. The molecule has 0 spiro atoms. The molecule has 1 aromatic rings. The zero-order valence-electron chi connectivity index (χ0n) is 11.8. The van der Waals surface area contributed by atoms with E-state index in [0.29, 0.717) is 6.07 Å². The molecule has 1 rings (SSSR count). The SMILES string of the molecule is Cc1cc(F)c([N+](=O)[O-])cc1S(=O)(=O)NCC(O)C(C)C. The van der Waals surface area contributed by atoms with Crippen molar-refractivity contribution >= 4 is 15.7 Å². The first-order valence-corrected chi connectivity index (χ1v) is 7.67. The minimum atomic E-state index is -4.07. The minimum Gasteiger partial charge on any atom is -0.391 e. The maximum atomic E-state index is 13.4. The molecule has 9 heteroatoms. The van der Waals surface area contributed by atoms with Crippen molar-refractivity contribution in [1.82, 2.24) is 4.72 Å². The molecule has 0 bridgehead atoms. The van der Waals surface area contributed by atoms with Crippen LogP contribution in [-0.4, -0.2) is 31.1 Å². The van der Waals surface area contributed by atoms with Crippen molar-refractivity contribution in [3.63, 3.8) is 0 Å². The molecule has 7 nitrogen and oxygen atoms in total. The van der Waals surface area contributed by atoms with Gasteiger partial charge in [0.1, 0.15) is 0 Å². The number of nitro benzene ring substituents is 1. The third kappa shape index (κ3) is 4.19.